The quantitative estimate of drug-likeness (QED) is 0.558. The predicted molar refractivity (Wildman–Crippen MR) is 133 cm³/mol. The van der Waals surface area contributed by atoms with Gasteiger partial charge in [0, 0.05) is 12.1 Å². The van der Waals surface area contributed by atoms with Crippen molar-refractivity contribution in [2.45, 2.75) is 23.5 Å². The SMILES string of the molecule is COc1ccc(C2CC(=O)N(CC(=O)Nc3cccc(C)c3)c3ccccc3S2(=O)=O)cc1OC. The molecule has 0 spiro atoms. The molecule has 4 rings (SSSR count). The summed E-state index contributed by atoms with van der Waals surface area (Å²) in [7, 11) is -1.03. The molecule has 0 saturated carbocycles. The molecule has 0 aromatic heterocycles. The molecular formula is C26H26N2O6S. The minimum Gasteiger partial charge on any atom is -0.493 e. The third-order valence-corrected chi connectivity index (χ3v) is 8.03. The van der Waals surface area contributed by atoms with Crippen molar-refractivity contribution < 1.29 is 27.5 Å². The normalized spacial score (nSPS) is 16.7. The number of benzene rings is 3. The molecule has 8 nitrogen and oxygen atoms in total. The lowest BCUT2D eigenvalue weighted by molar-refractivity contribution is -0.121. The third-order valence-electron chi connectivity index (χ3n) is 5.88. The lowest BCUT2D eigenvalue weighted by atomic mass is 10.1. The lowest BCUT2D eigenvalue weighted by Gasteiger charge is -2.22. The van der Waals surface area contributed by atoms with Crippen LogP contribution >= 0.6 is 0 Å². The summed E-state index contributed by atoms with van der Waals surface area (Å²) in [6, 6.07) is 18.3. The van der Waals surface area contributed by atoms with Gasteiger partial charge in [0.25, 0.3) is 0 Å². The molecule has 1 N–H and O–H groups in total. The fourth-order valence-electron chi connectivity index (χ4n) is 4.18. The Kier molecular flexibility index (Phi) is 6.79. The summed E-state index contributed by atoms with van der Waals surface area (Å²) in [5, 5.41) is 1.63. The summed E-state index contributed by atoms with van der Waals surface area (Å²) in [4.78, 5) is 27.5. The number of para-hydroxylation sites is 1. The number of nitrogens with zero attached hydrogens (tertiary/aromatic N) is 1. The highest BCUT2D eigenvalue weighted by Crippen LogP contribution is 2.42. The number of sulfone groups is 1. The number of hydrogen-bond acceptors (Lipinski definition) is 6. The molecule has 3 aromatic carbocycles. The highest BCUT2D eigenvalue weighted by atomic mass is 32.2. The average molecular weight is 495 g/mol. The smallest absolute Gasteiger partial charge is 0.244 e. The zero-order valence-corrected chi connectivity index (χ0v) is 20.5. The molecule has 0 aliphatic carbocycles. The fraction of sp³-hybridized carbons (Fsp3) is 0.231. The van der Waals surface area contributed by atoms with Crippen molar-refractivity contribution in [2.75, 3.05) is 31.0 Å². The Morgan fingerprint density at radius 3 is 2.46 bits per heavy atom. The second-order valence-electron chi connectivity index (χ2n) is 8.22. The molecule has 9 heteroatoms. The summed E-state index contributed by atoms with van der Waals surface area (Å²) in [5.74, 6) is -0.0959. The van der Waals surface area contributed by atoms with Crippen molar-refractivity contribution >= 4 is 33.0 Å². The van der Waals surface area contributed by atoms with Crippen LogP contribution < -0.4 is 19.7 Å². The molecule has 1 unspecified atom stereocenters. The largest absolute Gasteiger partial charge is 0.493 e. The summed E-state index contributed by atoms with van der Waals surface area (Å²) in [6.45, 7) is 1.58. The van der Waals surface area contributed by atoms with Crippen LogP contribution in [0.15, 0.2) is 71.6 Å². The molecule has 35 heavy (non-hydrogen) atoms. The molecule has 0 saturated heterocycles. The Hall–Kier alpha value is -3.85. The molecule has 2 amide bonds. The third kappa shape index (κ3) is 4.85. The number of nitrogens with one attached hydrogen (secondary N) is 1. The highest BCUT2D eigenvalue weighted by Gasteiger charge is 2.40. The van der Waals surface area contributed by atoms with Gasteiger partial charge in [-0.3, -0.25) is 9.59 Å². The van der Waals surface area contributed by atoms with E-state index in [1.165, 1.54) is 25.2 Å². The minimum absolute atomic E-state index is 0.00556. The van der Waals surface area contributed by atoms with Crippen molar-refractivity contribution in [1.82, 2.24) is 0 Å². The number of carbonyl (C=O) groups is 2. The molecule has 3 aromatic rings. The summed E-state index contributed by atoms with van der Waals surface area (Å²) in [5.41, 5.74) is 2.15. The number of hydrogen-bond donors (Lipinski definition) is 1. The van der Waals surface area contributed by atoms with E-state index in [9.17, 15) is 18.0 Å². The van der Waals surface area contributed by atoms with Crippen LogP contribution in [0.1, 0.15) is 22.8 Å². The van der Waals surface area contributed by atoms with Crippen LogP contribution in [0.4, 0.5) is 11.4 Å². The van der Waals surface area contributed by atoms with Gasteiger partial charge in [0.1, 0.15) is 6.54 Å². The van der Waals surface area contributed by atoms with Crippen LogP contribution in [0.3, 0.4) is 0 Å². The standard InChI is InChI=1S/C26H26N2O6S/c1-17-7-6-8-19(13-17)27-25(29)16-28-20-9-4-5-10-23(20)35(31,32)24(15-26(28)30)18-11-12-21(33-2)22(14-18)34-3/h4-14,24H,15-16H2,1-3H3,(H,27,29). The predicted octanol–water partition coefficient (Wildman–Crippen LogP) is 3.90. The Balaban J connectivity index is 1.71. The number of rotatable bonds is 6. The fourth-order valence-corrected chi connectivity index (χ4v) is 6.09. The second kappa shape index (κ2) is 9.79. The number of methoxy groups -OCH3 is 2. The van der Waals surface area contributed by atoms with Crippen LogP contribution in [0.2, 0.25) is 0 Å². The maximum Gasteiger partial charge on any atom is 0.244 e. The van der Waals surface area contributed by atoms with Crippen molar-refractivity contribution in [2.24, 2.45) is 0 Å². The van der Waals surface area contributed by atoms with E-state index < -0.39 is 26.9 Å². The van der Waals surface area contributed by atoms with E-state index in [2.05, 4.69) is 5.32 Å². The van der Waals surface area contributed by atoms with Gasteiger partial charge in [0.05, 0.1) is 30.1 Å². The Morgan fingerprint density at radius 2 is 1.74 bits per heavy atom. The molecule has 1 atom stereocenters. The lowest BCUT2D eigenvalue weighted by Crippen LogP contribution is -2.38. The molecule has 1 aliphatic rings. The Labute approximate surface area is 204 Å². The van der Waals surface area contributed by atoms with Crippen LogP contribution in [-0.2, 0) is 19.4 Å². The van der Waals surface area contributed by atoms with Gasteiger partial charge in [-0.15, -0.1) is 0 Å². The second-order valence-corrected chi connectivity index (χ2v) is 10.3. The van der Waals surface area contributed by atoms with E-state index in [0.717, 1.165) is 5.56 Å². The monoisotopic (exact) mass is 494 g/mol. The number of anilines is 2. The Morgan fingerprint density at radius 1 is 1.00 bits per heavy atom. The van der Waals surface area contributed by atoms with Gasteiger partial charge < -0.3 is 19.7 Å². The van der Waals surface area contributed by atoms with Crippen LogP contribution in [0.25, 0.3) is 0 Å². The molecule has 1 heterocycles. The van der Waals surface area contributed by atoms with E-state index in [1.54, 1.807) is 42.5 Å². The average Bonchev–Trinajstić information content (AvgIpc) is 2.92. The summed E-state index contributed by atoms with van der Waals surface area (Å²) < 4.78 is 38.1. The van der Waals surface area contributed by atoms with Crippen LogP contribution in [0.5, 0.6) is 11.5 Å². The summed E-state index contributed by atoms with van der Waals surface area (Å²) in [6.07, 6.45) is -0.329. The maximum absolute atomic E-state index is 13.7. The van der Waals surface area contributed by atoms with Crippen LogP contribution in [0, 0.1) is 6.92 Å². The molecule has 0 bridgehead atoms. The van der Waals surface area contributed by atoms with Gasteiger partial charge in [-0.25, -0.2) is 8.42 Å². The number of fused-ring (bicyclic) bond motifs is 1. The summed E-state index contributed by atoms with van der Waals surface area (Å²) >= 11 is 0. The zero-order chi connectivity index (χ0) is 25.2. The van der Waals surface area contributed by atoms with E-state index in [4.69, 9.17) is 9.47 Å². The molecule has 0 fully saturated rings. The number of amides is 2. The van der Waals surface area contributed by atoms with Crippen molar-refractivity contribution in [1.29, 1.82) is 0 Å². The van der Waals surface area contributed by atoms with Gasteiger partial charge in [-0.1, -0.05) is 30.3 Å². The van der Waals surface area contributed by atoms with E-state index in [0.29, 0.717) is 22.7 Å². The Bertz CT molecular complexity index is 1390. The topological polar surface area (TPSA) is 102 Å². The van der Waals surface area contributed by atoms with E-state index in [1.807, 2.05) is 25.1 Å². The minimum atomic E-state index is -3.97. The first kappa shape index (κ1) is 24.3. The highest BCUT2D eigenvalue weighted by molar-refractivity contribution is 7.92. The van der Waals surface area contributed by atoms with Crippen molar-refractivity contribution in [3.63, 3.8) is 0 Å². The number of ether oxygens (including phenoxy) is 2. The van der Waals surface area contributed by atoms with Gasteiger partial charge >= 0.3 is 0 Å². The van der Waals surface area contributed by atoms with Gasteiger partial charge in [-0.2, -0.15) is 0 Å². The number of aryl methyl sites for hydroxylation is 1. The first-order chi connectivity index (χ1) is 16.7. The van der Waals surface area contributed by atoms with E-state index in [-0.39, 0.29) is 23.5 Å². The van der Waals surface area contributed by atoms with Crippen molar-refractivity contribution in [3.8, 4) is 11.5 Å². The zero-order valence-electron chi connectivity index (χ0n) is 19.6. The first-order valence-corrected chi connectivity index (χ1v) is 12.5. The van der Waals surface area contributed by atoms with Crippen LogP contribution in [-0.4, -0.2) is 41.0 Å². The van der Waals surface area contributed by atoms with E-state index >= 15 is 0 Å². The number of carbonyl (C=O) groups excluding carboxylic acids is 2. The molecule has 1 aliphatic heterocycles. The molecule has 182 valence electrons. The van der Waals surface area contributed by atoms with Crippen molar-refractivity contribution in [3.05, 3.63) is 77.9 Å². The van der Waals surface area contributed by atoms with Gasteiger partial charge in [0.2, 0.25) is 11.8 Å². The van der Waals surface area contributed by atoms with Gasteiger partial charge in [-0.05, 0) is 54.4 Å². The molecular weight excluding hydrogens is 468 g/mol. The maximum atomic E-state index is 13.7. The van der Waals surface area contributed by atoms with Gasteiger partial charge in [0.15, 0.2) is 21.3 Å². The first-order valence-electron chi connectivity index (χ1n) is 11.0. The molecule has 0 radical (unpaired) electrons.